The number of hydrogen-bond donors (Lipinski definition) is 0. The lowest BCUT2D eigenvalue weighted by molar-refractivity contribution is -0.131. The maximum Gasteiger partial charge on any atom is 0.338 e. The molecule has 8 nitrogen and oxygen atoms in total. The summed E-state index contributed by atoms with van der Waals surface area (Å²) in [5.74, 6) is 0.490. The average Bonchev–Trinajstić information content (AvgIpc) is 3.00. The normalized spacial score (nSPS) is 10.6. The lowest BCUT2D eigenvalue weighted by atomic mass is 9.84. The standard InChI is InChI=1S/C36H42O8/c1-9-39-31-26(18-20-29(33(31)41-11-3)43-35(37)23(5)6)28(22-25-16-14-13-15-17-25)27-19-21-30(44-36(38)24(7)8)34(42-12-4)32(27)40-10-2/h13-21,28H,5,7,9-12,22H2,1-4,6,8H3. The van der Waals surface area contributed by atoms with E-state index in [1.165, 1.54) is 0 Å². The van der Waals surface area contributed by atoms with Gasteiger partial charge in [0.2, 0.25) is 11.5 Å². The molecule has 0 saturated heterocycles. The molecule has 0 aliphatic carbocycles. The van der Waals surface area contributed by atoms with Crippen molar-refractivity contribution in [2.75, 3.05) is 26.4 Å². The minimum Gasteiger partial charge on any atom is -0.490 e. The van der Waals surface area contributed by atoms with E-state index in [0.29, 0.717) is 55.8 Å². The lowest BCUT2D eigenvalue weighted by Crippen LogP contribution is -2.15. The van der Waals surface area contributed by atoms with Gasteiger partial charge in [0.15, 0.2) is 23.0 Å². The Morgan fingerprint density at radius 2 is 0.977 bits per heavy atom. The molecular weight excluding hydrogens is 560 g/mol. The SMILES string of the molecule is C=C(C)C(=O)Oc1ccc(C(Cc2ccccc2)c2ccc(OC(=O)C(=C)C)c(OCC)c2OCC)c(OCC)c1OCC. The molecule has 234 valence electrons. The van der Waals surface area contributed by atoms with Crippen molar-refractivity contribution in [3.05, 3.63) is 95.6 Å². The highest BCUT2D eigenvalue weighted by Gasteiger charge is 2.30. The summed E-state index contributed by atoms with van der Waals surface area (Å²) in [6.07, 6.45) is 0.550. The fourth-order valence-electron chi connectivity index (χ4n) is 4.59. The second kappa shape index (κ2) is 16.2. The monoisotopic (exact) mass is 602 g/mol. The van der Waals surface area contributed by atoms with Gasteiger partial charge in [-0.05, 0) is 65.7 Å². The molecule has 0 aromatic heterocycles. The highest BCUT2D eigenvalue weighted by atomic mass is 16.6. The molecule has 0 bridgehead atoms. The van der Waals surface area contributed by atoms with Crippen molar-refractivity contribution >= 4 is 11.9 Å². The van der Waals surface area contributed by atoms with E-state index in [4.69, 9.17) is 28.4 Å². The molecule has 3 aromatic rings. The van der Waals surface area contributed by atoms with E-state index >= 15 is 0 Å². The van der Waals surface area contributed by atoms with Gasteiger partial charge in [0.25, 0.3) is 0 Å². The van der Waals surface area contributed by atoms with Crippen LogP contribution in [0.3, 0.4) is 0 Å². The average molecular weight is 603 g/mol. The third-order valence-corrected chi connectivity index (χ3v) is 6.50. The summed E-state index contributed by atoms with van der Waals surface area (Å²) in [6, 6.07) is 17.2. The molecule has 0 amide bonds. The molecule has 0 unspecified atom stereocenters. The number of benzene rings is 3. The van der Waals surface area contributed by atoms with Crippen LogP contribution in [-0.2, 0) is 16.0 Å². The van der Waals surface area contributed by atoms with E-state index in [2.05, 4.69) is 13.2 Å². The van der Waals surface area contributed by atoms with Crippen LogP contribution in [0.1, 0.15) is 64.2 Å². The molecule has 0 aliphatic heterocycles. The lowest BCUT2D eigenvalue weighted by Gasteiger charge is -2.27. The molecule has 0 spiro atoms. The first-order valence-electron chi connectivity index (χ1n) is 14.8. The zero-order chi connectivity index (χ0) is 32.2. The summed E-state index contributed by atoms with van der Waals surface area (Å²) < 4.78 is 35.9. The number of hydrogen-bond acceptors (Lipinski definition) is 8. The van der Waals surface area contributed by atoms with E-state index in [1.807, 2.05) is 70.2 Å². The van der Waals surface area contributed by atoms with Gasteiger partial charge in [0, 0.05) is 28.2 Å². The minimum absolute atomic E-state index is 0.229. The van der Waals surface area contributed by atoms with Crippen molar-refractivity contribution in [2.45, 2.75) is 53.9 Å². The Hall–Kier alpha value is -4.72. The van der Waals surface area contributed by atoms with Gasteiger partial charge in [-0.1, -0.05) is 55.6 Å². The van der Waals surface area contributed by atoms with Gasteiger partial charge in [-0.2, -0.15) is 0 Å². The molecular formula is C36H42O8. The largest absolute Gasteiger partial charge is 0.490 e. The van der Waals surface area contributed by atoms with Crippen molar-refractivity contribution in [3.63, 3.8) is 0 Å². The van der Waals surface area contributed by atoms with Crippen LogP contribution in [0.25, 0.3) is 0 Å². The molecule has 0 heterocycles. The van der Waals surface area contributed by atoms with Gasteiger partial charge in [0.1, 0.15) is 0 Å². The zero-order valence-electron chi connectivity index (χ0n) is 26.5. The Morgan fingerprint density at radius 1 is 0.591 bits per heavy atom. The van der Waals surface area contributed by atoms with Crippen molar-refractivity contribution in [3.8, 4) is 34.5 Å². The molecule has 3 rings (SSSR count). The Balaban J connectivity index is 2.35. The molecule has 0 atom stereocenters. The first-order valence-corrected chi connectivity index (χ1v) is 14.8. The maximum atomic E-state index is 12.5. The third kappa shape index (κ3) is 8.22. The molecule has 44 heavy (non-hydrogen) atoms. The quantitative estimate of drug-likeness (QED) is 0.0940. The fourth-order valence-corrected chi connectivity index (χ4v) is 4.59. The van der Waals surface area contributed by atoms with E-state index in [9.17, 15) is 9.59 Å². The molecule has 0 N–H and O–H groups in total. The number of rotatable bonds is 16. The van der Waals surface area contributed by atoms with Crippen LogP contribution < -0.4 is 28.4 Å². The van der Waals surface area contributed by atoms with Crippen molar-refractivity contribution in [1.29, 1.82) is 0 Å². The summed E-state index contributed by atoms with van der Waals surface area (Å²) in [7, 11) is 0. The predicted molar refractivity (Wildman–Crippen MR) is 170 cm³/mol. The summed E-state index contributed by atoms with van der Waals surface area (Å²) in [4.78, 5) is 25.0. The number of carbonyl (C=O) groups excluding carboxylic acids is 2. The Bertz CT molecular complexity index is 1380. The molecule has 0 fully saturated rings. The Morgan fingerprint density at radius 3 is 1.34 bits per heavy atom. The molecule has 0 radical (unpaired) electrons. The second-order valence-electron chi connectivity index (χ2n) is 9.94. The predicted octanol–water partition coefficient (Wildman–Crippen LogP) is 7.62. The van der Waals surface area contributed by atoms with Crippen molar-refractivity contribution in [1.82, 2.24) is 0 Å². The first kappa shape index (κ1) is 33.8. The fraction of sp³-hybridized carbons (Fsp3) is 0.333. The van der Waals surface area contributed by atoms with E-state index in [-0.39, 0.29) is 28.6 Å². The summed E-state index contributed by atoms with van der Waals surface area (Å²) in [5.41, 5.74) is 3.14. The molecule has 0 aliphatic rings. The molecule has 8 heteroatoms. The zero-order valence-corrected chi connectivity index (χ0v) is 26.5. The first-order chi connectivity index (χ1) is 21.2. The summed E-state index contributed by atoms with van der Waals surface area (Å²) in [5, 5.41) is 0. The number of ether oxygens (including phenoxy) is 6. The van der Waals surface area contributed by atoms with Crippen LogP contribution >= 0.6 is 0 Å². The molecule has 0 saturated carbocycles. The van der Waals surface area contributed by atoms with Gasteiger partial charge in [-0.15, -0.1) is 0 Å². The number of esters is 2. The van der Waals surface area contributed by atoms with Crippen LogP contribution in [0.2, 0.25) is 0 Å². The van der Waals surface area contributed by atoms with Gasteiger partial charge < -0.3 is 28.4 Å². The Labute approximate surface area is 260 Å². The van der Waals surface area contributed by atoms with Crippen molar-refractivity contribution in [2.24, 2.45) is 0 Å². The van der Waals surface area contributed by atoms with Crippen LogP contribution in [0.5, 0.6) is 34.5 Å². The second-order valence-corrected chi connectivity index (χ2v) is 9.94. The van der Waals surface area contributed by atoms with E-state index in [0.717, 1.165) is 16.7 Å². The summed E-state index contributed by atoms with van der Waals surface area (Å²) >= 11 is 0. The van der Waals surface area contributed by atoms with E-state index < -0.39 is 11.9 Å². The Kier molecular flexibility index (Phi) is 12.4. The van der Waals surface area contributed by atoms with Crippen LogP contribution in [0, 0.1) is 0 Å². The highest BCUT2D eigenvalue weighted by Crippen LogP contribution is 2.50. The van der Waals surface area contributed by atoms with Gasteiger partial charge in [-0.25, -0.2) is 9.59 Å². The van der Waals surface area contributed by atoms with Crippen molar-refractivity contribution < 1.29 is 38.0 Å². The molecule has 3 aromatic carbocycles. The number of carbonyl (C=O) groups is 2. The van der Waals surface area contributed by atoms with Gasteiger partial charge in [-0.3, -0.25) is 0 Å². The highest BCUT2D eigenvalue weighted by molar-refractivity contribution is 5.90. The smallest absolute Gasteiger partial charge is 0.338 e. The summed E-state index contributed by atoms with van der Waals surface area (Å²) in [6.45, 7) is 19.3. The van der Waals surface area contributed by atoms with Gasteiger partial charge >= 0.3 is 11.9 Å². The van der Waals surface area contributed by atoms with Gasteiger partial charge in [0.05, 0.1) is 26.4 Å². The minimum atomic E-state index is -0.568. The maximum absolute atomic E-state index is 12.5. The van der Waals surface area contributed by atoms with Crippen LogP contribution in [0.15, 0.2) is 78.9 Å². The van der Waals surface area contributed by atoms with Crippen LogP contribution in [-0.4, -0.2) is 38.4 Å². The van der Waals surface area contributed by atoms with E-state index in [1.54, 1.807) is 26.0 Å². The van der Waals surface area contributed by atoms with Crippen LogP contribution in [0.4, 0.5) is 0 Å². The third-order valence-electron chi connectivity index (χ3n) is 6.50. The topological polar surface area (TPSA) is 89.5 Å².